The van der Waals surface area contributed by atoms with Crippen molar-refractivity contribution in [1.82, 2.24) is 19.6 Å². The molecule has 1 aromatic heterocycles. The normalized spacial score (nSPS) is 21.2. The molecule has 0 radical (unpaired) electrons. The Bertz CT molecular complexity index is 1130. The molecule has 2 aliphatic heterocycles. The number of carbonyl (C=O) groups excluding carboxylic acids is 2. The van der Waals surface area contributed by atoms with Crippen LogP contribution in [-0.2, 0) is 17.8 Å². The summed E-state index contributed by atoms with van der Waals surface area (Å²) in [6.45, 7) is 5.52. The summed E-state index contributed by atoms with van der Waals surface area (Å²) >= 11 is 0. The first-order valence-corrected chi connectivity index (χ1v) is 13.0. The first-order chi connectivity index (χ1) is 17.0. The van der Waals surface area contributed by atoms with Crippen molar-refractivity contribution in [1.29, 1.82) is 0 Å². The Morgan fingerprint density at radius 3 is 2.49 bits per heavy atom. The van der Waals surface area contributed by atoms with Gasteiger partial charge in [0.1, 0.15) is 5.69 Å². The third-order valence-electron chi connectivity index (χ3n) is 7.81. The third kappa shape index (κ3) is 5.03. The summed E-state index contributed by atoms with van der Waals surface area (Å²) in [5, 5.41) is 4.35. The van der Waals surface area contributed by atoms with Crippen LogP contribution in [-0.4, -0.2) is 69.7 Å². The van der Waals surface area contributed by atoms with Crippen molar-refractivity contribution in [2.45, 2.75) is 70.5 Å². The number of benzene rings is 1. The molecule has 0 N–H and O–H groups in total. The Morgan fingerprint density at radius 1 is 0.971 bits per heavy atom. The van der Waals surface area contributed by atoms with E-state index < -0.39 is 0 Å². The summed E-state index contributed by atoms with van der Waals surface area (Å²) in [6, 6.07) is 11.4. The number of rotatable bonds is 5. The fourth-order valence-corrected chi connectivity index (χ4v) is 5.86. The number of fused-ring (bicyclic) bond motifs is 1. The van der Waals surface area contributed by atoms with Crippen molar-refractivity contribution < 1.29 is 9.59 Å². The Hall–Kier alpha value is -3.00. The van der Waals surface area contributed by atoms with E-state index in [4.69, 9.17) is 0 Å². The van der Waals surface area contributed by atoms with E-state index in [0.29, 0.717) is 6.04 Å². The van der Waals surface area contributed by atoms with E-state index in [-0.39, 0.29) is 42.1 Å². The quantitative estimate of drug-likeness (QED) is 0.662. The summed E-state index contributed by atoms with van der Waals surface area (Å²) in [4.78, 5) is 44.8. The number of piperazine rings is 1. The zero-order valence-corrected chi connectivity index (χ0v) is 20.6. The number of carbonyl (C=O) groups is 2. The van der Waals surface area contributed by atoms with Gasteiger partial charge in [-0.1, -0.05) is 37.5 Å². The SMILES string of the molecule is CC1Cc2ccccc2N1C(=O)c1ccc(=O)n(CCC(=O)N2CCN(C3CCCCC3)CC2)n1. The second kappa shape index (κ2) is 10.3. The third-order valence-corrected chi connectivity index (χ3v) is 7.81. The van der Waals surface area contributed by atoms with E-state index in [1.54, 1.807) is 4.90 Å². The lowest BCUT2D eigenvalue weighted by molar-refractivity contribution is -0.133. The van der Waals surface area contributed by atoms with Gasteiger partial charge >= 0.3 is 0 Å². The topological polar surface area (TPSA) is 78.8 Å². The van der Waals surface area contributed by atoms with Crippen molar-refractivity contribution >= 4 is 17.5 Å². The van der Waals surface area contributed by atoms with Gasteiger partial charge < -0.3 is 9.80 Å². The second-order valence-corrected chi connectivity index (χ2v) is 10.1. The molecule has 0 bridgehead atoms. The van der Waals surface area contributed by atoms with Crippen molar-refractivity contribution in [3.05, 3.63) is 58.0 Å². The number of aromatic nitrogens is 2. The Kier molecular flexibility index (Phi) is 7.00. The summed E-state index contributed by atoms with van der Waals surface area (Å²) in [6.07, 6.45) is 7.53. The summed E-state index contributed by atoms with van der Waals surface area (Å²) in [5.74, 6) is -0.179. The number of aryl methyl sites for hydroxylation is 1. The molecular weight excluding hydrogens is 442 g/mol. The molecule has 3 aliphatic rings. The van der Waals surface area contributed by atoms with Crippen molar-refractivity contribution in [2.75, 3.05) is 31.1 Å². The van der Waals surface area contributed by atoms with Crippen LogP contribution < -0.4 is 10.5 Å². The standard InChI is InChI=1S/C27H35N5O3/c1-20-19-21-7-5-6-10-24(21)32(20)27(35)23-11-12-26(34)31(28-23)14-13-25(33)30-17-15-29(16-18-30)22-8-3-2-4-9-22/h5-7,10-12,20,22H,2-4,8-9,13-19H2,1H3. The van der Waals surface area contributed by atoms with Crippen molar-refractivity contribution in [3.8, 4) is 0 Å². The molecule has 1 saturated carbocycles. The smallest absolute Gasteiger partial charge is 0.278 e. The molecule has 186 valence electrons. The van der Waals surface area contributed by atoms with Gasteiger partial charge in [0, 0.05) is 56.4 Å². The van der Waals surface area contributed by atoms with Gasteiger partial charge in [-0.05, 0) is 43.9 Å². The van der Waals surface area contributed by atoms with Crippen molar-refractivity contribution in [3.63, 3.8) is 0 Å². The molecular formula is C27H35N5O3. The van der Waals surface area contributed by atoms with Crippen LogP contribution in [0.4, 0.5) is 5.69 Å². The summed E-state index contributed by atoms with van der Waals surface area (Å²) < 4.78 is 1.26. The Morgan fingerprint density at radius 2 is 1.71 bits per heavy atom. The molecule has 1 aromatic carbocycles. The van der Waals surface area contributed by atoms with E-state index in [1.165, 1.54) is 48.9 Å². The molecule has 0 spiro atoms. The molecule has 1 aliphatic carbocycles. The van der Waals surface area contributed by atoms with E-state index >= 15 is 0 Å². The van der Waals surface area contributed by atoms with E-state index in [0.717, 1.165) is 43.9 Å². The molecule has 8 heteroatoms. The molecule has 8 nitrogen and oxygen atoms in total. The molecule has 5 rings (SSSR count). The van der Waals surface area contributed by atoms with Gasteiger partial charge in [-0.3, -0.25) is 19.3 Å². The maximum atomic E-state index is 13.3. The number of amides is 2. The molecule has 1 atom stereocenters. The molecule has 2 amide bonds. The maximum Gasteiger partial charge on any atom is 0.278 e. The molecule has 1 unspecified atom stereocenters. The zero-order valence-electron chi connectivity index (χ0n) is 20.6. The average Bonchev–Trinajstić information content (AvgIpc) is 3.23. The van der Waals surface area contributed by atoms with Gasteiger partial charge in [0.2, 0.25) is 5.91 Å². The Balaban J connectivity index is 1.20. The van der Waals surface area contributed by atoms with E-state index in [2.05, 4.69) is 10.00 Å². The molecule has 35 heavy (non-hydrogen) atoms. The molecule has 2 aromatic rings. The van der Waals surface area contributed by atoms with Crippen LogP contribution >= 0.6 is 0 Å². The molecule has 3 heterocycles. The van der Waals surface area contributed by atoms with Crippen LogP contribution in [0.5, 0.6) is 0 Å². The van der Waals surface area contributed by atoms with Crippen molar-refractivity contribution in [2.24, 2.45) is 0 Å². The van der Waals surface area contributed by atoms with E-state index in [1.807, 2.05) is 36.1 Å². The highest BCUT2D eigenvalue weighted by atomic mass is 16.2. The lowest BCUT2D eigenvalue weighted by Crippen LogP contribution is -2.52. The summed E-state index contributed by atoms with van der Waals surface area (Å²) in [5.41, 5.74) is 1.95. The first-order valence-electron chi connectivity index (χ1n) is 13.0. The number of hydrogen-bond acceptors (Lipinski definition) is 5. The number of anilines is 1. The van der Waals surface area contributed by atoms with Crippen LogP contribution in [0.1, 0.15) is 61.5 Å². The predicted molar refractivity (Wildman–Crippen MR) is 135 cm³/mol. The second-order valence-electron chi connectivity index (χ2n) is 10.1. The molecule has 2 fully saturated rings. The van der Waals surface area contributed by atoms with Gasteiger partial charge in [-0.25, -0.2) is 4.68 Å². The van der Waals surface area contributed by atoms with Crippen LogP contribution in [0.15, 0.2) is 41.2 Å². The zero-order chi connectivity index (χ0) is 24.4. The average molecular weight is 478 g/mol. The highest BCUT2D eigenvalue weighted by molar-refractivity contribution is 6.06. The van der Waals surface area contributed by atoms with Crippen LogP contribution in [0, 0.1) is 0 Å². The maximum absolute atomic E-state index is 13.3. The van der Waals surface area contributed by atoms with Gasteiger partial charge in [-0.15, -0.1) is 0 Å². The van der Waals surface area contributed by atoms with Gasteiger partial charge in [0.05, 0.1) is 6.54 Å². The van der Waals surface area contributed by atoms with Crippen LogP contribution in [0.25, 0.3) is 0 Å². The molecule has 1 saturated heterocycles. The van der Waals surface area contributed by atoms with E-state index in [9.17, 15) is 14.4 Å². The first kappa shape index (κ1) is 23.7. The minimum Gasteiger partial charge on any atom is -0.340 e. The highest BCUT2D eigenvalue weighted by Gasteiger charge is 2.32. The summed E-state index contributed by atoms with van der Waals surface area (Å²) in [7, 11) is 0. The minimum atomic E-state index is -0.300. The minimum absolute atomic E-state index is 0.0240. The predicted octanol–water partition coefficient (Wildman–Crippen LogP) is 2.70. The van der Waals surface area contributed by atoms with Crippen LogP contribution in [0.2, 0.25) is 0 Å². The number of para-hydroxylation sites is 1. The highest BCUT2D eigenvalue weighted by Crippen LogP contribution is 2.32. The largest absolute Gasteiger partial charge is 0.340 e. The lowest BCUT2D eigenvalue weighted by Gasteiger charge is -2.40. The fourth-order valence-electron chi connectivity index (χ4n) is 5.86. The fraction of sp³-hybridized carbons (Fsp3) is 0.556. The lowest BCUT2D eigenvalue weighted by atomic mass is 9.94. The Labute approximate surface area is 206 Å². The van der Waals surface area contributed by atoms with Gasteiger partial charge in [0.25, 0.3) is 11.5 Å². The monoisotopic (exact) mass is 477 g/mol. The van der Waals surface area contributed by atoms with Gasteiger partial charge in [0.15, 0.2) is 0 Å². The number of hydrogen-bond donors (Lipinski definition) is 0. The van der Waals surface area contributed by atoms with Crippen LogP contribution in [0.3, 0.4) is 0 Å². The van der Waals surface area contributed by atoms with Gasteiger partial charge in [-0.2, -0.15) is 5.10 Å². The number of nitrogens with zero attached hydrogens (tertiary/aromatic N) is 5.